The van der Waals surface area contributed by atoms with Gasteiger partial charge in [0.2, 0.25) is 0 Å². The summed E-state index contributed by atoms with van der Waals surface area (Å²) in [5.41, 5.74) is 0.461. The summed E-state index contributed by atoms with van der Waals surface area (Å²) in [6, 6.07) is 4.57. The Labute approximate surface area is 93.5 Å². The molecule has 0 fully saturated rings. The van der Waals surface area contributed by atoms with Gasteiger partial charge in [0.15, 0.2) is 11.5 Å². The number of hydrogen-bond acceptors (Lipinski definition) is 4. The molecule has 0 bridgehead atoms. The Balaban J connectivity index is 2.95. The molecule has 0 saturated heterocycles. The van der Waals surface area contributed by atoms with Crippen LogP contribution in [-0.4, -0.2) is 19.4 Å². The van der Waals surface area contributed by atoms with E-state index >= 15 is 0 Å². The lowest BCUT2D eigenvalue weighted by molar-refractivity contribution is -0.129. The van der Waals surface area contributed by atoms with Gasteiger partial charge < -0.3 is 9.47 Å². The molecule has 0 spiro atoms. The number of hydrogen-bond donors (Lipinski definition) is 0. The molecule has 0 atom stereocenters. The van der Waals surface area contributed by atoms with Gasteiger partial charge in [0, 0.05) is 11.6 Å². The molecule has 0 radical (unpaired) electrons. The van der Waals surface area contributed by atoms with Gasteiger partial charge in [-0.3, -0.25) is 4.79 Å². The van der Waals surface area contributed by atoms with Gasteiger partial charge in [-0.2, -0.15) is 0 Å². The quantitative estimate of drug-likeness (QED) is 0.337. The van der Waals surface area contributed by atoms with Gasteiger partial charge in [-0.15, -0.1) is 0 Å². The molecule has 0 aliphatic carbocycles. The third-order valence-corrected chi connectivity index (χ3v) is 1.84. The lowest BCUT2D eigenvalue weighted by Gasteiger charge is -2.07. The van der Waals surface area contributed by atoms with Crippen molar-refractivity contribution in [1.29, 1.82) is 0 Å². The van der Waals surface area contributed by atoms with Gasteiger partial charge in [-0.25, -0.2) is 4.79 Å². The molecule has 84 valence electrons. The molecular weight excluding hydrogens is 208 g/mol. The van der Waals surface area contributed by atoms with Gasteiger partial charge in [-0.05, 0) is 25.1 Å². The predicted molar refractivity (Wildman–Crippen MR) is 58.8 cm³/mol. The first-order valence-corrected chi connectivity index (χ1v) is 4.69. The molecule has 0 saturated carbocycles. The summed E-state index contributed by atoms with van der Waals surface area (Å²) in [7, 11) is 1.44. The van der Waals surface area contributed by atoms with E-state index < -0.39 is 5.97 Å². The van der Waals surface area contributed by atoms with Crippen LogP contribution in [0.3, 0.4) is 0 Å². The van der Waals surface area contributed by atoms with Crippen LogP contribution in [0.4, 0.5) is 0 Å². The van der Waals surface area contributed by atoms with Crippen molar-refractivity contribution < 1.29 is 19.1 Å². The van der Waals surface area contributed by atoms with Crippen molar-refractivity contribution in [3.8, 4) is 11.5 Å². The van der Waals surface area contributed by atoms with Crippen LogP contribution in [0.5, 0.6) is 11.5 Å². The van der Waals surface area contributed by atoms with Gasteiger partial charge >= 0.3 is 5.97 Å². The summed E-state index contributed by atoms with van der Waals surface area (Å²) in [5, 5.41) is 0. The number of aldehydes is 1. The molecule has 0 unspecified atom stereocenters. The van der Waals surface area contributed by atoms with E-state index in [0.717, 1.165) is 0 Å². The second kappa shape index (κ2) is 5.70. The van der Waals surface area contributed by atoms with E-state index in [0.29, 0.717) is 17.6 Å². The maximum Gasteiger partial charge on any atom is 0.335 e. The first-order valence-electron chi connectivity index (χ1n) is 4.69. The number of carbonyl (C=O) groups is 2. The third kappa shape index (κ3) is 2.95. The molecule has 16 heavy (non-hydrogen) atoms. The second-order valence-corrected chi connectivity index (χ2v) is 2.95. The number of carbonyl (C=O) groups excluding carboxylic acids is 2. The molecule has 0 heterocycles. The highest BCUT2D eigenvalue weighted by molar-refractivity contribution is 5.85. The van der Waals surface area contributed by atoms with Crippen LogP contribution in [0.1, 0.15) is 17.3 Å². The number of esters is 1. The first kappa shape index (κ1) is 12.0. The summed E-state index contributed by atoms with van der Waals surface area (Å²) in [6.07, 6.45) is 3.57. The summed E-state index contributed by atoms with van der Waals surface area (Å²) >= 11 is 0. The largest absolute Gasteiger partial charge is 0.493 e. The number of ether oxygens (including phenoxy) is 2. The Bertz CT molecular complexity index is 421. The molecule has 0 N–H and O–H groups in total. The third-order valence-electron chi connectivity index (χ3n) is 1.84. The van der Waals surface area contributed by atoms with Crippen molar-refractivity contribution in [3.05, 3.63) is 35.9 Å². The van der Waals surface area contributed by atoms with Crippen LogP contribution in [0.2, 0.25) is 0 Å². The van der Waals surface area contributed by atoms with E-state index in [1.54, 1.807) is 19.1 Å². The molecule has 0 aliphatic heterocycles. The maximum atomic E-state index is 11.2. The van der Waals surface area contributed by atoms with Crippen molar-refractivity contribution in [2.24, 2.45) is 0 Å². The predicted octanol–water partition coefficient (Wildman–Crippen LogP) is 1.99. The number of allylic oxidation sites excluding steroid dienone is 1. The van der Waals surface area contributed by atoms with Crippen molar-refractivity contribution in [2.45, 2.75) is 6.92 Å². The van der Waals surface area contributed by atoms with Crippen molar-refractivity contribution in [1.82, 2.24) is 0 Å². The van der Waals surface area contributed by atoms with Crippen LogP contribution in [-0.2, 0) is 4.79 Å². The Morgan fingerprint density at radius 1 is 1.31 bits per heavy atom. The van der Waals surface area contributed by atoms with Crippen LogP contribution >= 0.6 is 0 Å². The van der Waals surface area contributed by atoms with E-state index in [2.05, 4.69) is 0 Å². The Morgan fingerprint density at radius 2 is 2.06 bits per heavy atom. The molecule has 1 aromatic carbocycles. The van der Waals surface area contributed by atoms with E-state index in [4.69, 9.17) is 9.47 Å². The van der Waals surface area contributed by atoms with Crippen molar-refractivity contribution >= 4 is 12.3 Å². The van der Waals surface area contributed by atoms with Gasteiger partial charge in [0.1, 0.15) is 6.29 Å². The molecule has 0 aromatic heterocycles. The van der Waals surface area contributed by atoms with E-state index in [9.17, 15) is 9.59 Å². The van der Waals surface area contributed by atoms with Crippen molar-refractivity contribution in [2.75, 3.05) is 7.11 Å². The van der Waals surface area contributed by atoms with Gasteiger partial charge in [0.05, 0.1) is 7.11 Å². The summed E-state index contributed by atoms with van der Waals surface area (Å²) in [4.78, 5) is 21.7. The molecule has 4 nitrogen and oxygen atoms in total. The minimum absolute atomic E-state index is 0.288. The number of methoxy groups -OCH3 is 1. The maximum absolute atomic E-state index is 11.2. The lowest BCUT2D eigenvalue weighted by atomic mass is 10.2. The smallest absolute Gasteiger partial charge is 0.335 e. The molecule has 0 amide bonds. The number of benzene rings is 1. The zero-order valence-electron chi connectivity index (χ0n) is 9.10. The summed E-state index contributed by atoms with van der Waals surface area (Å²) in [6.45, 7) is 1.72. The zero-order chi connectivity index (χ0) is 12.0. The fourth-order valence-electron chi connectivity index (χ4n) is 1.12. The van der Waals surface area contributed by atoms with E-state index in [1.165, 1.54) is 25.3 Å². The first-order chi connectivity index (χ1) is 7.71. The van der Waals surface area contributed by atoms with Crippen LogP contribution < -0.4 is 9.47 Å². The highest BCUT2D eigenvalue weighted by atomic mass is 16.6. The van der Waals surface area contributed by atoms with Crippen LogP contribution in [0.15, 0.2) is 30.4 Å². The highest BCUT2D eigenvalue weighted by Crippen LogP contribution is 2.27. The number of rotatable bonds is 4. The minimum Gasteiger partial charge on any atom is -0.493 e. The Morgan fingerprint density at radius 3 is 2.62 bits per heavy atom. The normalized spacial score (nSPS) is 10.1. The monoisotopic (exact) mass is 220 g/mol. The highest BCUT2D eigenvalue weighted by Gasteiger charge is 2.08. The average molecular weight is 220 g/mol. The second-order valence-electron chi connectivity index (χ2n) is 2.95. The zero-order valence-corrected chi connectivity index (χ0v) is 9.10. The van der Waals surface area contributed by atoms with Gasteiger partial charge in [0.25, 0.3) is 0 Å². The Hall–Kier alpha value is -2.10. The lowest BCUT2D eigenvalue weighted by Crippen LogP contribution is -2.05. The van der Waals surface area contributed by atoms with Crippen LogP contribution in [0, 0.1) is 0 Å². The topological polar surface area (TPSA) is 52.6 Å². The minimum atomic E-state index is -0.486. The fourth-order valence-corrected chi connectivity index (χ4v) is 1.12. The standard InChI is InChI=1S/C12H12O4/c1-3-4-12(14)16-10-6-5-9(8-13)7-11(10)15-2/h3-8H,1-2H3/b4-3+. The summed E-state index contributed by atoms with van der Waals surface area (Å²) < 4.78 is 10.0. The molecule has 1 rings (SSSR count). The van der Waals surface area contributed by atoms with Crippen LogP contribution in [0.25, 0.3) is 0 Å². The fraction of sp³-hybridized carbons (Fsp3) is 0.167. The molecular formula is C12H12O4. The average Bonchev–Trinajstić information content (AvgIpc) is 2.30. The molecule has 0 aliphatic rings. The SMILES string of the molecule is C/C=C/C(=O)Oc1ccc(C=O)cc1OC. The van der Waals surface area contributed by atoms with E-state index in [1.807, 2.05) is 0 Å². The van der Waals surface area contributed by atoms with Gasteiger partial charge in [-0.1, -0.05) is 6.08 Å². The molecule has 1 aromatic rings. The summed E-state index contributed by atoms with van der Waals surface area (Å²) in [5.74, 6) is 0.151. The molecule has 4 heteroatoms. The van der Waals surface area contributed by atoms with Crippen molar-refractivity contribution in [3.63, 3.8) is 0 Å². The Kier molecular flexibility index (Phi) is 4.27. The van der Waals surface area contributed by atoms with E-state index in [-0.39, 0.29) is 5.75 Å².